The molecule has 0 aliphatic heterocycles. The Morgan fingerprint density at radius 2 is 1.94 bits per heavy atom. The van der Waals surface area contributed by atoms with Crippen molar-refractivity contribution in [2.75, 3.05) is 0 Å². The number of carboxylic acids is 1. The fourth-order valence-electron chi connectivity index (χ4n) is 1.67. The summed E-state index contributed by atoms with van der Waals surface area (Å²) in [5.74, 6) is -1.55. The molecule has 1 rings (SSSR count). The Morgan fingerprint density at radius 3 is 2.38 bits per heavy atom. The van der Waals surface area contributed by atoms with Gasteiger partial charge in [0.1, 0.15) is 6.04 Å². The number of hydrogen-bond acceptors (Lipinski definition) is 3. The highest BCUT2D eigenvalue weighted by Crippen LogP contribution is 2.15. The smallest absolute Gasteiger partial charge is 0.320 e. The molecular formula is C12H17NO3. The third kappa shape index (κ3) is 3.32. The number of hydrogen-bond donors (Lipinski definition) is 3. The highest BCUT2D eigenvalue weighted by molar-refractivity contribution is 5.73. The minimum absolute atomic E-state index is 0.464. The maximum absolute atomic E-state index is 10.8. The molecule has 0 fully saturated rings. The Hall–Kier alpha value is -1.39. The number of aliphatic hydroxyl groups excluding tert-OH is 1. The van der Waals surface area contributed by atoms with Gasteiger partial charge in [-0.15, -0.1) is 0 Å². The van der Waals surface area contributed by atoms with Gasteiger partial charge in [-0.05, 0) is 18.9 Å². The predicted octanol–water partition coefficient (Wildman–Crippen LogP) is 0.638. The minimum atomic E-state index is -1.08. The second-order valence-corrected chi connectivity index (χ2v) is 3.96. The molecule has 16 heavy (non-hydrogen) atoms. The van der Waals surface area contributed by atoms with Crippen molar-refractivity contribution in [2.24, 2.45) is 11.7 Å². The van der Waals surface area contributed by atoms with Gasteiger partial charge in [0.2, 0.25) is 0 Å². The van der Waals surface area contributed by atoms with Crippen LogP contribution in [0.15, 0.2) is 30.3 Å². The summed E-state index contributed by atoms with van der Waals surface area (Å²) in [5, 5.41) is 18.4. The third-order valence-corrected chi connectivity index (χ3v) is 2.68. The summed E-state index contributed by atoms with van der Waals surface area (Å²) in [6, 6.07) is 8.38. The highest BCUT2D eigenvalue weighted by Gasteiger charge is 2.28. The molecule has 0 amide bonds. The van der Waals surface area contributed by atoms with Crippen molar-refractivity contribution in [3.8, 4) is 0 Å². The molecule has 0 heterocycles. The van der Waals surface area contributed by atoms with Crippen molar-refractivity contribution in [3.63, 3.8) is 0 Å². The molecule has 88 valence electrons. The van der Waals surface area contributed by atoms with Gasteiger partial charge in [-0.25, -0.2) is 0 Å². The molecule has 4 heteroatoms. The molecule has 0 spiro atoms. The summed E-state index contributed by atoms with van der Waals surface area (Å²) in [6.07, 6.45) is -0.280. The standard InChI is InChI=1S/C12H17NO3/c1-8(14)10(11(13)12(15)16)7-9-5-3-2-4-6-9/h2-6,8,10-11,14H,7,13H2,1H3,(H,15,16)/t8-,10?,11-/m0/s1. The molecule has 0 aromatic heterocycles. The molecule has 0 radical (unpaired) electrons. The van der Waals surface area contributed by atoms with Gasteiger partial charge in [-0.3, -0.25) is 4.79 Å². The van der Waals surface area contributed by atoms with E-state index < -0.39 is 24.0 Å². The number of carbonyl (C=O) groups is 1. The molecular weight excluding hydrogens is 206 g/mol. The maximum atomic E-state index is 10.8. The van der Waals surface area contributed by atoms with Gasteiger partial charge in [-0.1, -0.05) is 30.3 Å². The Kier molecular flexibility index (Phi) is 4.46. The third-order valence-electron chi connectivity index (χ3n) is 2.68. The van der Waals surface area contributed by atoms with Crippen molar-refractivity contribution in [1.82, 2.24) is 0 Å². The zero-order valence-electron chi connectivity index (χ0n) is 9.21. The number of rotatable bonds is 5. The average Bonchev–Trinajstić information content (AvgIpc) is 2.26. The largest absolute Gasteiger partial charge is 0.480 e. The first-order valence-electron chi connectivity index (χ1n) is 5.22. The van der Waals surface area contributed by atoms with Crippen LogP contribution >= 0.6 is 0 Å². The number of carboxylic acid groups (broad SMARTS) is 1. The lowest BCUT2D eigenvalue weighted by Gasteiger charge is -2.23. The molecule has 0 aliphatic carbocycles. The number of nitrogens with two attached hydrogens (primary N) is 1. The van der Waals surface area contributed by atoms with Gasteiger partial charge in [0, 0.05) is 5.92 Å². The van der Waals surface area contributed by atoms with Crippen LogP contribution in [0.1, 0.15) is 12.5 Å². The van der Waals surface area contributed by atoms with Gasteiger partial charge >= 0.3 is 5.97 Å². The second-order valence-electron chi connectivity index (χ2n) is 3.96. The van der Waals surface area contributed by atoms with Crippen LogP contribution in [0.4, 0.5) is 0 Å². The Bertz CT molecular complexity index is 337. The van der Waals surface area contributed by atoms with Crippen LogP contribution in [-0.2, 0) is 11.2 Å². The summed E-state index contributed by atoms with van der Waals surface area (Å²) < 4.78 is 0. The number of aliphatic hydroxyl groups is 1. The molecule has 0 saturated heterocycles. The first-order valence-corrected chi connectivity index (χ1v) is 5.22. The van der Waals surface area contributed by atoms with E-state index in [1.54, 1.807) is 6.92 Å². The van der Waals surface area contributed by atoms with Crippen molar-refractivity contribution < 1.29 is 15.0 Å². The summed E-state index contributed by atoms with van der Waals surface area (Å²) in [7, 11) is 0. The zero-order chi connectivity index (χ0) is 12.1. The Morgan fingerprint density at radius 1 is 1.38 bits per heavy atom. The molecule has 1 unspecified atom stereocenters. The first-order chi connectivity index (χ1) is 7.52. The molecule has 0 bridgehead atoms. The minimum Gasteiger partial charge on any atom is -0.480 e. The molecule has 1 aromatic rings. The molecule has 0 saturated carbocycles. The molecule has 4 N–H and O–H groups in total. The molecule has 3 atom stereocenters. The maximum Gasteiger partial charge on any atom is 0.320 e. The van der Waals surface area contributed by atoms with E-state index in [2.05, 4.69) is 0 Å². The van der Waals surface area contributed by atoms with Gasteiger partial charge in [-0.2, -0.15) is 0 Å². The lowest BCUT2D eigenvalue weighted by Crippen LogP contribution is -2.44. The number of aliphatic carboxylic acids is 1. The molecule has 1 aromatic carbocycles. The molecule has 0 aliphatic rings. The van der Waals surface area contributed by atoms with E-state index in [0.717, 1.165) is 5.56 Å². The van der Waals surface area contributed by atoms with Gasteiger partial charge in [0.05, 0.1) is 6.10 Å². The van der Waals surface area contributed by atoms with E-state index in [1.807, 2.05) is 30.3 Å². The predicted molar refractivity (Wildman–Crippen MR) is 60.9 cm³/mol. The van der Waals surface area contributed by atoms with Crippen molar-refractivity contribution in [1.29, 1.82) is 0 Å². The van der Waals surface area contributed by atoms with Crippen molar-refractivity contribution in [2.45, 2.75) is 25.5 Å². The fraction of sp³-hybridized carbons (Fsp3) is 0.417. The van der Waals surface area contributed by atoms with Crippen LogP contribution in [0, 0.1) is 5.92 Å². The fourth-order valence-corrected chi connectivity index (χ4v) is 1.67. The molecule has 4 nitrogen and oxygen atoms in total. The first kappa shape index (κ1) is 12.7. The van der Waals surface area contributed by atoms with E-state index in [0.29, 0.717) is 6.42 Å². The van der Waals surface area contributed by atoms with E-state index in [1.165, 1.54) is 0 Å². The average molecular weight is 223 g/mol. The zero-order valence-corrected chi connectivity index (χ0v) is 9.21. The summed E-state index contributed by atoms with van der Waals surface area (Å²) in [6.45, 7) is 1.57. The van der Waals surface area contributed by atoms with Crippen LogP contribution in [0.5, 0.6) is 0 Å². The lowest BCUT2D eigenvalue weighted by molar-refractivity contribution is -0.141. The van der Waals surface area contributed by atoms with E-state index in [4.69, 9.17) is 10.8 Å². The number of benzene rings is 1. The van der Waals surface area contributed by atoms with Crippen LogP contribution in [0.3, 0.4) is 0 Å². The van der Waals surface area contributed by atoms with Crippen LogP contribution < -0.4 is 5.73 Å². The van der Waals surface area contributed by atoms with Gasteiger partial charge < -0.3 is 15.9 Å². The monoisotopic (exact) mass is 223 g/mol. The van der Waals surface area contributed by atoms with Crippen molar-refractivity contribution in [3.05, 3.63) is 35.9 Å². The van der Waals surface area contributed by atoms with E-state index >= 15 is 0 Å². The topological polar surface area (TPSA) is 83.5 Å². The second kappa shape index (κ2) is 5.63. The summed E-state index contributed by atoms with van der Waals surface area (Å²) in [4.78, 5) is 10.8. The van der Waals surface area contributed by atoms with Crippen LogP contribution in [0.25, 0.3) is 0 Å². The van der Waals surface area contributed by atoms with Crippen molar-refractivity contribution >= 4 is 5.97 Å². The van der Waals surface area contributed by atoms with E-state index in [9.17, 15) is 9.90 Å². The SMILES string of the molecule is C[C@H](O)C(Cc1ccccc1)[C@H](N)C(=O)O. The normalized spacial score (nSPS) is 16.4. The quantitative estimate of drug-likeness (QED) is 0.684. The van der Waals surface area contributed by atoms with E-state index in [-0.39, 0.29) is 0 Å². The Labute approximate surface area is 94.7 Å². The van der Waals surface area contributed by atoms with Crippen LogP contribution in [-0.4, -0.2) is 28.3 Å². The highest BCUT2D eigenvalue weighted by atomic mass is 16.4. The lowest BCUT2D eigenvalue weighted by atomic mass is 9.88. The van der Waals surface area contributed by atoms with Gasteiger partial charge in [0.25, 0.3) is 0 Å². The van der Waals surface area contributed by atoms with Gasteiger partial charge in [0.15, 0.2) is 0 Å². The summed E-state index contributed by atoms with van der Waals surface area (Å²) in [5.41, 5.74) is 6.53. The van der Waals surface area contributed by atoms with Crippen LogP contribution in [0.2, 0.25) is 0 Å². The summed E-state index contributed by atoms with van der Waals surface area (Å²) >= 11 is 0. The Balaban J connectivity index is 2.77.